The van der Waals surface area contributed by atoms with Gasteiger partial charge in [0.05, 0.1) is 25.7 Å². The second-order valence-electron chi connectivity index (χ2n) is 7.33. The standard InChI is InChI=1S/C23H28N2O4/c1-16(26)24-22(17-10-12-19(28-2)13-11-17)15-23(27)25-18-6-5-9-21(14-18)29-20-7-3-4-8-20/h5-6,9-14,20,22H,3-4,7-8,15H2,1-2H3,(H,24,26)(H,25,27). The van der Waals surface area contributed by atoms with Crippen molar-refractivity contribution in [3.63, 3.8) is 0 Å². The molecule has 0 radical (unpaired) electrons. The maximum absolute atomic E-state index is 12.6. The van der Waals surface area contributed by atoms with Gasteiger partial charge in [0.25, 0.3) is 0 Å². The monoisotopic (exact) mass is 396 g/mol. The molecule has 29 heavy (non-hydrogen) atoms. The summed E-state index contributed by atoms with van der Waals surface area (Å²) in [7, 11) is 1.60. The zero-order valence-electron chi connectivity index (χ0n) is 16.9. The molecular formula is C23H28N2O4. The van der Waals surface area contributed by atoms with Gasteiger partial charge >= 0.3 is 0 Å². The first-order chi connectivity index (χ1) is 14.0. The molecule has 2 N–H and O–H groups in total. The quantitative estimate of drug-likeness (QED) is 0.700. The Bertz CT molecular complexity index is 829. The number of benzene rings is 2. The predicted molar refractivity (Wildman–Crippen MR) is 112 cm³/mol. The highest BCUT2D eigenvalue weighted by atomic mass is 16.5. The van der Waals surface area contributed by atoms with Gasteiger partial charge in [-0.05, 0) is 55.5 Å². The number of nitrogens with one attached hydrogen (secondary N) is 2. The van der Waals surface area contributed by atoms with Gasteiger partial charge in [-0.25, -0.2) is 0 Å². The lowest BCUT2D eigenvalue weighted by Gasteiger charge is -2.19. The zero-order chi connectivity index (χ0) is 20.6. The van der Waals surface area contributed by atoms with Crippen molar-refractivity contribution in [1.82, 2.24) is 5.32 Å². The molecule has 0 spiro atoms. The largest absolute Gasteiger partial charge is 0.497 e. The van der Waals surface area contributed by atoms with E-state index in [9.17, 15) is 9.59 Å². The Morgan fingerprint density at radius 3 is 2.45 bits per heavy atom. The smallest absolute Gasteiger partial charge is 0.226 e. The average molecular weight is 396 g/mol. The second kappa shape index (κ2) is 9.96. The maximum atomic E-state index is 12.6. The van der Waals surface area contributed by atoms with Crippen LogP contribution in [0.2, 0.25) is 0 Å². The summed E-state index contributed by atoms with van der Waals surface area (Å²) in [6.45, 7) is 1.44. The molecule has 0 saturated heterocycles. The topological polar surface area (TPSA) is 76.7 Å². The molecular weight excluding hydrogens is 368 g/mol. The van der Waals surface area contributed by atoms with Crippen LogP contribution in [-0.2, 0) is 9.59 Å². The number of methoxy groups -OCH3 is 1. The molecule has 2 amide bonds. The highest BCUT2D eigenvalue weighted by Crippen LogP contribution is 2.26. The van der Waals surface area contributed by atoms with Gasteiger partial charge in [0.15, 0.2) is 0 Å². The lowest BCUT2D eigenvalue weighted by atomic mass is 10.0. The first kappa shape index (κ1) is 20.7. The number of carbonyl (C=O) groups is 2. The van der Waals surface area contributed by atoms with Crippen molar-refractivity contribution >= 4 is 17.5 Å². The van der Waals surface area contributed by atoms with Crippen molar-refractivity contribution in [2.24, 2.45) is 0 Å². The third kappa shape index (κ3) is 6.24. The van der Waals surface area contributed by atoms with Crippen LogP contribution in [-0.4, -0.2) is 25.0 Å². The van der Waals surface area contributed by atoms with Crippen molar-refractivity contribution in [2.75, 3.05) is 12.4 Å². The lowest BCUT2D eigenvalue weighted by Crippen LogP contribution is -2.29. The molecule has 1 saturated carbocycles. The summed E-state index contributed by atoms with van der Waals surface area (Å²) in [6, 6.07) is 14.4. The number of hydrogen-bond donors (Lipinski definition) is 2. The zero-order valence-corrected chi connectivity index (χ0v) is 16.9. The van der Waals surface area contributed by atoms with Crippen LogP contribution >= 0.6 is 0 Å². The van der Waals surface area contributed by atoms with Crippen molar-refractivity contribution in [3.05, 3.63) is 54.1 Å². The van der Waals surface area contributed by atoms with E-state index in [2.05, 4.69) is 10.6 Å². The average Bonchev–Trinajstić information content (AvgIpc) is 3.20. The van der Waals surface area contributed by atoms with Crippen LogP contribution in [0.1, 0.15) is 50.6 Å². The molecule has 6 nitrogen and oxygen atoms in total. The fourth-order valence-corrected chi connectivity index (χ4v) is 3.58. The number of hydrogen-bond acceptors (Lipinski definition) is 4. The van der Waals surface area contributed by atoms with Gasteiger partial charge < -0.3 is 20.1 Å². The van der Waals surface area contributed by atoms with Crippen LogP contribution in [0.15, 0.2) is 48.5 Å². The Morgan fingerprint density at radius 2 is 1.79 bits per heavy atom. The van der Waals surface area contributed by atoms with E-state index in [0.29, 0.717) is 5.69 Å². The summed E-state index contributed by atoms with van der Waals surface area (Å²) in [4.78, 5) is 24.2. The van der Waals surface area contributed by atoms with Crippen molar-refractivity contribution in [3.8, 4) is 11.5 Å². The Hall–Kier alpha value is -3.02. The number of carbonyl (C=O) groups excluding carboxylic acids is 2. The van der Waals surface area contributed by atoms with E-state index in [1.165, 1.54) is 19.8 Å². The third-order valence-electron chi connectivity index (χ3n) is 5.01. The number of rotatable bonds is 8. The summed E-state index contributed by atoms with van der Waals surface area (Å²) >= 11 is 0. The number of amides is 2. The first-order valence-electron chi connectivity index (χ1n) is 10.0. The van der Waals surface area contributed by atoms with E-state index in [1.807, 2.05) is 48.5 Å². The molecule has 1 aliphatic carbocycles. The summed E-state index contributed by atoms with van der Waals surface area (Å²) in [5, 5.41) is 5.75. The molecule has 2 aromatic carbocycles. The fourth-order valence-electron chi connectivity index (χ4n) is 3.58. The van der Waals surface area contributed by atoms with Crippen molar-refractivity contribution in [1.29, 1.82) is 0 Å². The van der Waals surface area contributed by atoms with Gasteiger partial charge in [0, 0.05) is 18.7 Å². The highest BCUT2D eigenvalue weighted by molar-refractivity contribution is 5.91. The molecule has 1 fully saturated rings. The number of anilines is 1. The first-order valence-corrected chi connectivity index (χ1v) is 10.0. The van der Waals surface area contributed by atoms with Crippen LogP contribution in [0.25, 0.3) is 0 Å². The minimum Gasteiger partial charge on any atom is -0.497 e. The molecule has 1 aliphatic rings. The highest BCUT2D eigenvalue weighted by Gasteiger charge is 2.19. The van der Waals surface area contributed by atoms with Crippen LogP contribution in [0.4, 0.5) is 5.69 Å². The van der Waals surface area contributed by atoms with Gasteiger partial charge in [-0.2, -0.15) is 0 Å². The Morgan fingerprint density at radius 1 is 1.07 bits per heavy atom. The van der Waals surface area contributed by atoms with E-state index < -0.39 is 6.04 Å². The third-order valence-corrected chi connectivity index (χ3v) is 5.01. The molecule has 154 valence electrons. The number of ether oxygens (including phenoxy) is 2. The molecule has 1 atom stereocenters. The molecule has 0 heterocycles. The normalized spacial score (nSPS) is 14.8. The predicted octanol–water partition coefficient (Wildman–Crippen LogP) is 4.22. The van der Waals surface area contributed by atoms with Crippen LogP contribution in [0.3, 0.4) is 0 Å². The van der Waals surface area contributed by atoms with E-state index in [1.54, 1.807) is 7.11 Å². The summed E-state index contributed by atoms with van der Waals surface area (Å²) < 4.78 is 11.2. The van der Waals surface area contributed by atoms with Crippen molar-refractivity contribution < 1.29 is 19.1 Å². The lowest BCUT2D eigenvalue weighted by molar-refractivity contribution is -0.120. The molecule has 0 aliphatic heterocycles. The fraction of sp³-hybridized carbons (Fsp3) is 0.391. The van der Waals surface area contributed by atoms with Gasteiger partial charge in [0.1, 0.15) is 11.5 Å². The summed E-state index contributed by atoms with van der Waals surface area (Å²) in [5.41, 5.74) is 1.52. The van der Waals surface area contributed by atoms with E-state index in [0.717, 1.165) is 29.9 Å². The van der Waals surface area contributed by atoms with E-state index in [4.69, 9.17) is 9.47 Å². The molecule has 2 aromatic rings. The van der Waals surface area contributed by atoms with E-state index >= 15 is 0 Å². The molecule has 0 bridgehead atoms. The maximum Gasteiger partial charge on any atom is 0.226 e. The summed E-state index contributed by atoms with van der Waals surface area (Å²) in [5.74, 6) is 1.12. The van der Waals surface area contributed by atoms with Gasteiger partial charge in [0.2, 0.25) is 11.8 Å². The van der Waals surface area contributed by atoms with Crippen LogP contribution < -0.4 is 20.1 Å². The van der Waals surface area contributed by atoms with Gasteiger partial charge in [-0.15, -0.1) is 0 Å². The second-order valence-corrected chi connectivity index (χ2v) is 7.33. The summed E-state index contributed by atoms with van der Waals surface area (Å²) in [6.07, 6.45) is 4.96. The van der Waals surface area contributed by atoms with Gasteiger partial charge in [-0.3, -0.25) is 9.59 Å². The van der Waals surface area contributed by atoms with Crippen molar-refractivity contribution in [2.45, 2.75) is 51.2 Å². The molecule has 6 heteroatoms. The Balaban J connectivity index is 1.63. The SMILES string of the molecule is COc1ccc(C(CC(=O)Nc2cccc(OC3CCCC3)c2)NC(C)=O)cc1. The van der Waals surface area contributed by atoms with Gasteiger partial charge in [-0.1, -0.05) is 18.2 Å². The van der Waals surface area contributed by atoms with Crippen LogP contribution in [0, 0.1) is 0 Å². The Labute approximate surface area is 171 Å². The minimum atomic E-state index is -0.420. The van der Waals surface area contributed by atoms with Crippen LogP contribution in [0.5, 0.6) is 11.5 Å². The molecule has 3 rings (SSSR count). The molecule has 0 aromatic heterocycles. The minimum absolute atomic E-state index is 0.125. The molecule has 1 unspecified atom stereocenters. The van der Waals surface area contributed by atoms with E-state index in [-0.39, 0.29) is 24.3 Å². The Kier molecular flexibility index (Phi) is 7.11.